The number of aryl methyl sites for hydroxylation is 2. The number of rotatable bonds is 9. The third kappa shape index (κ3) is 6.12. The van der Waals surface area contributed by atoms with Gasteiger partial charge in [0.05, 0.1) is 6.10 Å². The van der Waals surface area contributed by atoms with Gasteiger partial charge in [0, 0.05) is 63.3 Å². The van der Waals surface area contributed by atoms with Crippen LogP contribution in [0.15, 0.2) is 78.9 Å². The molecule has 1 N–H and O–H groups in total. The summed E-state index contributed by atoms with van der Waals surface area (Å²) in [5.41, 5.74) is 7.54. The van der Waals surface area contributed by atoms with E-state index in [0.29, 0.717) is 18.8 Å². The molecule has 2 aromatic heterocycles. The number of benzene rings is 3. The molecule has 0 bridgehead atoms. The lowest BCUT2D eigenvalue weighted by Gasteiger charge is -2.37. The normalized spacial score (nSPS) is 14.8. The monoisotopic (exact) mass is 575 g/mol. The van der Waals surface area contributed by atoms with Crippen molar-refractivity contribution < 1.29 is 5.11 Å². The lowest BCUT2D eigenvalue weighted by Crippen LogP contribution is -2.47. The van der Waals surface area contributed by atoms with Gasteiger partial charge in [0.1, 0.15) is 11.6 Å². The lowest BCUT2D eigenvalue weighted by molar-refractivity contribution is 0.143. The molecule has 1 aliphatic rings. The van der Waals surface area contributed by atoms with Gasteiger partial charge in [-0.25, -0.2) is 15.0 Å². The first-order valence-corrected chi connectivity index (χ1v) is 15.2. The molecule has 3 aromatic carbocycles. The second kappa shape index (κ2) is 12.5. The molecule has 0 spiro atoms. The van der Waals surface area contributed by atoms with E-state index in [1.165, 1.54) is 16.8 Å². The smallest absolute Gasteiger partial charge is 0.170 e. The number of aliphatic hydroxyl groups excluding tert-OH is 1. The van der Waals surface area contributed by atoms with E-state index >= 15 is 0 Å². The van der Waals surface area contributed by atoms with Gasteiger partial charge in [0.2, 0.25) is 0 Å². The van der Waals surface area contributed by atoms with E-state index in [4.69, 9.17) is 15.0 Å². The highest BCUT2D eigenvalue weighted by Gasteiger charge is 2.23. The standard InChI is InChI=1S/C35H41N7O/c1-25-12-11-17-31(26(25)2)41-22-20-40(21-23-41)19-18-30(43)24-39(4)34-32-35(37-27(3)36-34)42(29-15-9-6-10-16-29)33(38-32)28-13-7-5-8-14-28/h5-17,30,43H,18-24H2,1-4H3. The van der Waals surface area contributed by atoms with E-state index in [1.807, 2.05) is 55.3 Å². The van der Waals surface area contributed by atoms with Crippen molar-refractivity contribution in [2.75, 3.05) is 56.1 Å². The number of anilines is 2. The average Bonchev–Trinajstić information content (AvgIpc) is 3.41. The fourth-order valence-corrected chi connectivity index (χ4v) is 6.03. The minimum absolute atomic E-state index is 0.465. The summed E-state index contributed by atoms with van der Waals surface area (Å²) in [5, 5.41) is 11.1. The third-order valence-corrected chi connectivity index (χ3v) is 8.56. The van der Waals surface area contributed by atoms with Gasteiger partial charge in [-0.1, -0.05) is 60.7 Å². The number of hydrogen-bond acceptors (Lipinski definition) is 7. The largest absolute Gasteiger partial charge is 0.391 e. The lowest BCUT2D eigenvalue weighted by atomic mass is 10.1. The predicted molar refractivity (Wildman–Crippen MR) is 175 cm³/mol. The summed E-state index contributed by atoms with van der Waals surface area (Å²) in [7, 11) is 1.98. The molecule has 5 aromatic rings. The van der Waals surface area contributed by atoms with Gasteiger partial charge < -0.3 is 14.9 Å². The Morgan fingerprint density at radius 2 is 1.51 bits per heavy atom. The third-order valence-electron chi connectivity index (χ3n) is 8.56. The number of imidazole rings is 1. The molecule has 0 amide bonds. The minimum Gasteiger partial charge on any atom is -0.391 e. The molecule has 0 saturated carbocycles. The highest BCUT2D eigenvalue weighted by Crippen LogP contribution is 2.32. The first kappa shape index (κ1) is 28.8. The zero-order valence-corrected chi connectivity index (χ0v) is 25.6. The fraction of sp³-hybridized carbons (Fsp3) is 0.343. The Labute approximate surface area is 254 Å². The predicted octanol–water partition coefficient (Wildman–Crippen LogP) is 5.42. The van der Waals surface area contributed by atoms with Crippen molar-refractivity contribution in [3.63, 3.8) is 0 Å². The summed E-state index contributed by atoms with van der Waals surface area (Å²) in [6.07, 6.45) is 0.214. The fourth-order valence-electron chi connectivity index (χ4n) is 6.03. The summed E-state index contributed by atoms with van der Waals surface area (Å²) in [6.45, 7) is 11.7. The highest BCUT2D eigenvalue weighted by molar-refractivity contribution is 5.88. The Hall–Kier alpha value is -4.27. The number of fused-ring (bicyclic) bond motifs is 1. The Morgan fingerprint density at radius 3 is 2.23 bits per heavy atom. The second-order valence-corrected chi connectivity index (χ2v) is 11.6. The van der Waals surface area contributed by atoms with Gasteiger partial charge in [0.25, 0.3) is 0 Å². The molecule has 1 atom stereocenters. The first-order chi connectivity index (χ1) is 20.9. The van der Waals surface area contributed by atoms with Crippen LogP contribution in [0.1, 0.15) is 23.4 Å². The van der Waals surface area contributed by atoms with Gasteiger partial charge >= 0.3 is 0 Å². The summed E-state index contributed by atoms with van der Waals surface area (Å²) < 4.78 is 2.10. The van der Waals surface area contributed by atoms with Crippen LogP contribution in [0.3, 0.4) is 0 Å². The molecule has 1 fully saturated rings. The molecule has 1 aliphatic heterocycles. The molecule has 3 heterocycles. The van der Waals surface area contributed by atoms with E-state index < -0.39 is 6.10 Å². The molecule has 0 aliphatic carbocycles. The van der Waals surface area contributed by atoms with Crippen molar-refractivity contribution in [2.45, 2.75) is 33.3 Å². The topological polar surface area (TPSA) is 73.6 Å². The van der Waals surface area contributed by atoms with Crippen molar-refractivity contribution in [3.05, 3.63) is 95.8 Å². The van der Waals surface area contributed by atoms with Crippen LogP contribution in [0.25, 0.3) is 28.2 Å². The summed E-state index contributed by atoms with van der Waals surface area (Å²) in [4.78, 5) is 21.7. The minimum atomic E-state index is -0.489. The Morgan fingerprint density at radius 1 is 0.814 bits per heavy atom. The molecule has 1 unspecified atom stereocenters. The maximum absolute atomic E-state index is 11.1. The summed E-state index contributed by atoms with van der Waals surface area (Å²) in [5.74, 6) is 2.22. The number of hydrogen-bond donors (Lipinski definition) is 1. The van der Waals surface area contributed by atoms with Gasteiger partial charge in [-0.2, -0.15) is 0 Å². The van der Waals surface area contributed by atoms with Crippen LogP contribution in [0, 0.1) is 20.8 Å². The highest BCUT2D eigenvalue weighted by atomic mass is 16.3. The SMILES string of the molecule is Cc1nc(N(C)CC(O)CCN2CCN(c3cccc(C)c3C)CC2)c2nc(-c3ccccc3)n(-c3ccccc3)c2n1. The van der Waals surface area contributed by atoms with Crippen LogP contribution in [-0.4, -0.2) is 81.9 Å². The van der Waals surface area contributed by atoms with Crippen LogP contribution in [0.2, 0.25) is 0 Å². The van der Waals surface area contributed by atoms with Gasteiger partial charge in [-0.05, 0) is 56.5 Å². The molecule has 1 saturated heterocycles. The summed E-state index contributed by atoms with van der Waals surface area (Å²) >= 11 is 0. The van der Waals surface area contributed by atoms with E-state index in [0.717, 1.165) is 66.8 Å². The molecule has 8 nitrogen and oxygen atoms in total. The van der Waals surface area contributed by atoms with Crippen molar-refractivity contribution in [1.82, 2.24) is 24.4 Å². The molecule has 6 rings (SSSR count). The number of piperazine rings is 1. The number of aromatic nitrogens is 4. The van der Waals surface area contributed by atoms with Crippen LogP contribution in [0.4, 0.5) is 11.5 Å². The number of para-hydroxylation sites is 1. The van der Waals surface area contributed by atoms with E-state index in [-0.39, 0.29) is 0 Å². The zero-order chi connectivity index (χ0) is 29.9. The molecule has 8 heteroatoms. The van der Waals surface area contributed by atoms with Crippen molar-refractivity contribution in [1.29, 1.82) is 0 Å². The van der Waals surface area contributed by atoms with Crippen LogP contribution < -0.4 is 9.80 Å². The summed E-state index contributed by atoms with van der Waals surface area (Å²) in [6, 6.07) is 26.9. The first-order valence-electron chi connectivity index (χ1n) is 15.2. The molecule has 0 radical (unpaired) electrons. The number of likely N-dealkylation sites (N-methyl/N-ethyl adjacent to an activating group) is 1. The zero-order valence-electron chi connectivity index (χ0n) is 25.6. The maximum atomic E-state index is 11.1. The van der Waals surface area contributed by atoms with E-state index in [2.05, 4.69) is 70.7 Å². The Bertz CT molecular complexity index is 1680. The van der Waals surface area contributed by atoms with Gasteiger partial charge in [-0.15, -0.1) is 0 Å². The second-order valence-electron chi connectivity index (χ2n) is 11.6. The number of nitrogens with zero attached hydrogens (tertiary/aromatic N) is 7. The quantitative estimate of drug-likeness (QED) is 0.252. The van der Waals surface area contributed by atoms with E-state index in [1.54, 1.807) is 0 Å². The van der Waals surface area contributed by atoms with Gasteiger partial charge in [0.15, 0.2) is 17.0 Å². The van der Waals surface area contributed by atoms with Gasteiger partial charge in [-0.3, -0.25) is 9.47 Å². The Kier molecular flexibility index (Phi) is 8.40. The maximum Gasteiger partial charge on any atom is 0.170 e. The molecular formula is C35H41N7O. The molecular weight excluding hydrogens is 534 g/mol. The van der Waals surface area contributed by atoms with E-state index in [9.17, 15) is 5.11 Å². The van der Waals surface area contributed by atoms with Crippen LogP contribution in [-0.2, 0) is 0 Å². The van der Waals surface area contributed by atoms with Crippen molar-refractivity contribution in [3.8, 4) is 17.1 Å². The molecule has 43 heavy (non-hydrogen) atoms. The van der Waals surface area contributed by atoms with Crippen molar-refractivity contribution in [2.24, 2.45) is 0 Å². The van der Waals surface area contributed by atoms with Crippen LogP contribution >= 0.6 is 0 Å². The number of aliphatic hydroxyl groups is 1. The Balaban J connectivity index is 1.16. The van der Waals surface area contributed by atoms with Crippen LogP contribution in [0.5, 0.6) is 0 Å². The average molecular weight is 576 g/mol. The molecule has 222 valence electrons. The van der Waals surface area contributed by atoms with Crippen molar-refractivity contribution >= 4 is 22.7 Å².